The number of carbonyl (C=O) groups excluding carboxylic acids is 2. The number of fused-ring (bicyclic) bond motifs is 1. The second-order valence-electron chi connectivity index (χ2n) is 11.1. The molecule has 42 heavy (non-hydrogen) atoms. The summed E-state index contributed by atoms with van der Waals surface area (Å²) in [6, 6.07) is 17.2. The van der Waals surface area contributed by atoms with Crippen LogP contribution in [0.25, 0.3) is 22.3 Å². The number of Topliss-reactive ketones (excluding diaryl/α,β-unsaturated/α-hetero) is 1. The Bertz CT molecular complexity index is 1740. The molecule has 4 aromatic rings. The van der Waals surface area contributed by atoms with Crippen molar-refractivity contribution < 1.29 is 26.8 Å². The minimum absolute atomic E-state index is 0.0701. The molecule has 1 saturated heterocycles. The maximum Gasteiger partial charge on any atom is 0.232 e. The number of carbonyl (C=O) groups is 2. The van der Waals surface area contributed by atoms with Crippen LogP contribution in [0.1, 0.15) is 59.2 Å². The van der Waals surface area contributed by atoms with Gasteiger partial charge in [-0.05, 0) is 49.1 Å². The molecule has 0 bridgehead atoms. The van der Waals surface area contributed by atoms with Crippen LogP contribution in [0.4, 0.5) is 10.1 Å². The van der Waals surface area contributed by atoms with Crippen LogP contribution in [0.5, 0.6) is 0 Å². The number of hydrogen-bond acceptors (Lipinski definition) is 5. The molecule has 0 aliphatic carbocycles. The fraction of sp³-hybridized carbons (Fsp3) is 0.333. The van der Waals surface area contributed by atoms with E-state index in [1.54, 1.807) is 30.0 Å². The van der Waals surface area contributed by atoms with Gasteiger partial charge in [0.1, 0.15) is 17.2 Å². The van der Waals surface area contributed by atoms with E-state index < -0.39 is 10.0 Å². The molecule has 1 fully saturated rings. The molecule has 1 atom stereocenters. The van der Waals surface area contributed by atoms with Gasteiger partial charge in [-0.2, -0.15) is 0 Å². The zero-order valence-electron chi connectivity index (χ0n) is 24.3. The first kappa shape index (κ1) is 29.5. The van der Waals surface area contributed by atoms with Crippen molar-refractivity contribution in [3.63, 3.8) is 0 Å². The summed E-state index contributed by atoms with van der Waals surface area (Å²) in [6.45, 7) is 4.77. The second kappa shape index (κ2) is 11.7. The number of aryl methyl sites for hydroxylation is 1. The van der Waals surface area contributed by atoms with Crippen LogP contribution in [-0.4, -0.2) is 51.4 Å². The van der Waals surface area contributed by atoms with E-state index in [1.807, 2.05) is 37.3 Å². The maximum atomic E-state index is 13.4. The quantitative estimate of drug-likeness (QED) is 0.219. The van der Waals surface area contributed by atoms with E-state index in [4.69, 9.17) is 4.42 Å². The lowest BCUT2D eigenvalue weighted by Gasteiger charge is -2.35. The molecule has 1 aliphatic rings. The predicted octanol–water partition coefficient (Wildman–Crippen LogP) is 6.48. The van der Waals surface area contributed by atoms with Crippen LogP contribution in [0.2, 0.25) is 0 Å². The number of anilines is 1. The third kappa shape index (κ3) is 5.97. The normalized spacial score (nSPS) is 15.6. The molecule has 0 radical (unpaired) electrons. The van der Waals surface area contributed by atoms with Crippen molar-refractivity contribution in [1.29, 1.82) is 0 Å². The van der Waals surface area contributed by atoms with Crippen LogP contribution in [-0.2, 0) is 21.2 Å². The molecule has 7 nitrogen and oxygen atoms in total. The van der Waals surface area contributed by atoms with Gasteiger partial charge in [0.05, 0.1) is 23.9 Å². The average Bonchev–Trinajstić information content (AvgIpc) is 3.35. The first-order valence-electron chi connectivity index (χ1n) is 14.1. The largest absolute Gasteiger partial charge is 0.455 e. The predicted molar refractivity (Wildman–Crippen MR) is 163 cm³/mol. The van der Waals surface area contributed by atoms with Gasteiger partial charge in [-0.25, -0.2) is 12.8 Å². The number of furan rings is 1. The van der Waals surface area contributed by atoms with E-state index in [-0.39, 0.29) is 36.3 Å². The van der Waals surface area contributed by atoms with Crippen molar-refractivity contribution in [2.75, 3.05) is 30.7 Å². The summed E-state index contributed by atoms with van der Waals surface area (Å²) in [5.41, 5.74) is 4.69. The van der Waals surface area contributed by atoms with E-state index in [0.717, 1.165) is 41.4 Å². The lowest BCUT2D eigenvalue weighted by Crippen LogP contribution is -2.40. The Morgan fingerprint density at radius 3 is 2.40 bits per heavy atom. The number of halogens is 1. The number of benzene rings is 3. The van der Waals surface area contributed by atoms with Crippen molar-refractivity contribution in [1.82, 2.24) is 4.90 Å². The van der Waals surface area contributed by atoms with Gasteiger partial charge in [-0.15, -0.1) is 0 Å². The lowest BCUT2D eigenvalue weighted by atomic mass is 9.87. The third-order valence-corrected chi connectivity index (χ3v) is 9.26. The van der Waals surface area contributed by atoms with Crippen molar-refractivity contribution in [2.45, 2.75) is 45.4 Å². The van der Waals surface area contributed by atoms with Gasteiger partial charge >= 0.3 is 0 Å². The molecule has 220 valence electrons. The second-order valence-corrected chi connectivity index (χ2v) is 13.1. The van der Waals surface area contributed by atoms with E-state index in [0.29, 0.717) is 41.1 Å². The van der Waals surface area contributed by atoms with Crippen LogP contribution in [0, 0.1) is 12.7 Å². The van der Waals surface area contributed by atoms with Crippen molar-refractivity contribution in [3.05, 3.63) is 88.7 Å². The number of hydrogen-bond donors (Lipinski definition) is 0. The van der Waals surface area contributed by atoms with Gasteiger partial charge < -0.3 is 9.32 Å². The Balaban J connectivity index is 1.60. The minimum Gasteiger partial charge on any atom is -0.455 e. The highest BCUT2D eigenvalue weighted by atomic mass is 32.2. The van der Waals surface area contributed by atoms with Crippen LogP contribution < -0.4 is 4.31 Å². The Morgan fingerprint density at radius 1 is 1.07 bits per heavy atom. The smallest absolute Gasteiger partial charge is 0.232 e. The number of nitrogens with zero attached hydrogens (tertiary/aromatic N) is 2. The van der Waals surface area contributed by atoms with Crippen LogP contribution in [0.15, 0.2) is 65.1 Å². The highest BCUT2D eigenvalue weighted by Crippen LogP contribution is 2.42. The molecule has 0 N–H and O–H groups in total. The Morgan fingerprint density at radius 2 is 1.76 bits per heavy atom. The average molecular weight is 591 g/mol. The molecule has 0 saturated carbocycles. The molecule has 2 heterocycles. The molecule has 1 amide bonds. The van der Waals surface area contributed by atoms with Crippen molar-refractivity contribution >= 4 is 38.4 Å². The molecule has 0 unspecified atom stereocenters. The molecule has 1 aromatic heterocycles. The van der Waals surface area contributed by atoms with Gasteiger partial charge in [0.25, 0.3) is 0 Å². The summed E-state index contributed by atoms with van der Waals surface area (Å²) < 4.78 is 46.4. The molecular weight excluding hydrogens is 555 g/mol. The van der Waals surface area contributed by atoms with Gasteiger partial charge in [0, 0.05) is 49.5 Å². The minimum atomic E-state index is -3.63. The lowest BCUT2D eigenvalue weighted by molar-refractivity contribution is -0.131. The zero-order chi connectivity index (χ0) is 30.2. The van der Waals surface area contributed by atoms with E-state index in [1.165, 1.54) is 23.5 Å². The third-order valence-electron chi connectivity index (χ3n) is 8.07. The summed E-state index contributed by atoms with van der Waals surface area (Å²) in [4.78, 5) is 28.3. The Labute approximate surface area is 246 Å². The van der Waals surface area contributed by atoms with Crippen molar-refractivity contribution in [2.24, 2.45) is 0 Å². The maximum absolute atomic E-state index is 13.4. The molecule has 0 spiro atoms. The summed E-state index contributed by atoms with van der Waals surface area (Å²) in [7, 11) is -2.13. The van der Waals surface area contributed by atoms with Gasteiger partial charge in [0.2, 0.25) is 15.9 Å². The summed E-state index contributed by atoms with van der Waals surface area (Å²) in [5, 5.41) is 0.632. The first-order chi connectivity index (χ1) is 20.0. The number of amides is 1. The molecule has 1 aliphatic heterocycles. The topological polar surface area (TPSA) is 87.9 Å². The van der Waals surface area contributed by atoms with Gasteiger partial charge in [0.15, 0.2) is 5.78 Å². The number of piperidine rings is 1. The van der Waals surface area contributed by atoms with Crippen LogP contribution in [0.3, 0.4) is 0 Å². The Kier molecular flexibility index (Phi) is 8.23. The standard InChI is InChI=1S/C33H35FN2O5S/c1-5-29(37)32-27-18-26(24-7-6-16-36(20-24)31(38)17-22-10-14-25(34)15-11-22)28(35(3)42(4,39)40)19-30(27)41-33(32)23-12-8-21(2)9-13-23/h8-15,18-19,24H,5-7,16-17,20H2,1-4H3/t24-/m1/s1. The number of likely N-dealkylation sites (tertiary alicyclic amines) is 1. The number of sulfonamides is 1. The molecular formula is C33H35FN2O5S. The Hall–Kier alpha value is -3.98. The monoisotopic (exact) mass is 590 g/mol. The SMILES string of the molecule is CCC(=O)c1c(-c2ccc(C)cc2)oc2cc(N(C)S(C)(=O)=O)c([C@@H]3CCCN(C(=O)Cc4ccc(F)cc4)C3)cc12. The zero-order valence-corrected chi connectivity index (χ0v) is 25.1. The van der Waals surface area contributed by atoms with Gasteiger partial charge in [-0.1, -0.05) is 48.9 Å². The van der Waals surface area contributed by atoms with E-state index in [2.05, 4.69) is 0 Å². The van der Waals surface area contributed by atoms with Gasteiger partial charge in [-0.3, -0.25) is 13.9 Å². The first-order valence-corrected chi connectivity index (χ1v) is 16.0. The van der Waals surface area contributed by atoms with Crippen molar-refractivity contribution in [3.8, 4) is 11.3 Å². The van der Waals surface area contributed by atoms with E-state index in [9.17, 15) is 22.4 Å². The highest BCUT2D eigenvalue weighted by Gasteiger charge is 2.31. The molecule has 5 rings (SSSR count). The molecule has 9 heteroatoms. The number of ketones is 1. The van der Waals surface area contributed by atoms with E-state index >= 15 is 0 Å². The fourth-order valence-corrected chi connectivity index (χ4v) is 6.15. The fourth-order valence-electron chi connectivity index (χ4n) is 5.64. The molecule has 3 aromatic carbocycles. The van der Waals surface area contributed by atoms with Crippen LogP contribution >= 0.6 is 0 Å². The highest BCUT2D eigenvalue weighted by molar-refractivity contribution is 7.92. The summed E-state index contributed by atoms with van der Waals surface area (Å²) >= 11 is 0. The summed E-state index contributed by atoms with van der Waals surface area (Å²) in [5.74, 6) is -0.201. The number of rotatable bonds is 8. The summed E-state index contributed by atoms with van der Waals surface area (Å²) in [6.07, 6.45) is 3.06.